The van der Waals surface area contributed by atoms with Gasteiger partial charge in [-0.1, -0.05) is 20.3 Å². The number of pyridine rings is 1. The maximum absolute atomic E-state index is 14.5. The van der Waals surface area contributed by atoms with Crippen LogP contribution in [0.2, 0.25) is 0 Å². The van der Waals surface area contributed by atoms with Gasteiger partial charge >= 0.3 is 0 Å². The van der Waals surface area contributed by atoms with Crippen molar-refractivity contribution in [2.75, 3.05) is 33.4 Å². The molecule has 2 atom stereocenters. The van der Waals surface area contributed by atoms with Crippen LogP contribution in [0, 0.1) is 11.2 Å². The number of amides is 1. The van der Waals surface area contributed by atoms with E-state index in [-0.39, 0.29) is 23.2 Å². The number of rotatable bonds is 8. The SMILES string of the molecule is CCCC(n1cc(-c2nn(-c3cnc(OC)c(F)c3)c3c2CCOCC3)cn1)C1(C)CC(=O)N(CC)C1. The summed E-state index contributed by atoms with van der Waals surface area (Å²) in [5.74, 6) is -0.372. The lowest BCUT2D eigenvalue weighted by atomic mass is 9.79. The highest BCUT2D eigenvalue weighted by Crippen LogP contribution is 2.44. The molecule has 3 aromatic rings. The molecule has 5 heterocycles. The van der Waals surface area contributed by atoms with Crippen LogP contribution in [-0.2, 0) is 22.4 Å². The van der Waals surface area contributed by atoms with Crippen LogP contribution < -0.4 is 4.74 Å². The van der Waals surface area contributed by atoms with Crippen LogP contribution in [0.5, 0.6) is 5.88 Å². The van der Waals surface area contributed by atoms with Crippen LogP contribution in [0.1, 0.15) is 57.3 Å². The minimum atomic E-state index is -0.536. The minimum absolute atomic E-state index is 0.0469. The van der Waals surface area contributed by atoms with Crippen LogP contribution >= 0.6 is 0 Å². The number of carbonyl (C=O) groups is 1. The number of halogens is 1. The normalized spacial score (nSPS) is 20.7. The van der Waals surface area contributed by atoms with Gasteiger partial charge in [0.1, 0.15) is 0 Å². The van der Waals surface area contributed by atoms with E-state index < -0.39 is 5.82 Å². The molecule has 0 bridgehead atoms. The average molecular weight is 511 g/mol. The van der Waals surface area contributed by atoms with E-state index in [0.717, 1.165) is 48.4 Å². The number of nitrogens with zero attached hydrogens (tertiary/aromatic N) is 6. The zero-order chi connectivity index (χ0) is 26.2. The van der Waals surface area contributed by atoms with E-state index in [9.17, 15) is 9.18 Å². The third-order valence-corrected chi connectivity index (χ3v) is 7.70. The van der Waals surface area contributed by atoms with Crippen molar-refractivity contribution < 1.29 is 18.7 Å². The molecule has 2 unspecified atom stereocenters. The Morgan fingerprint density at radius 2 is 2.05 bits per heavy atom. The van der Waals surface area contributed by atoms with E-state index >= 15 is 0 Å². The van der Waals surface area contributed by atoms with Crippen LogP contribution in [0.3, 0.4) is 0 Å². The van der Waals surface area contributed by atoms with Gasteiger partial charge in [0.25, 0.3) is 0 Å². The molecular weight excluding hydrogens is 475 g/mol. The predicted octanol–water partition coefficient (Wildman–Crippen LogP) is 3.99. The second-order valence-electron chi connectivity index (χ2n) is 10.2. The lowest BCUT2D eigenvalue weighted by molar-refractivity contribution is -0.127. The van der Waals surface area contributed by atoms with Gasteiger partial charge in [-0.2, -0.15) is 10.2 Å². The molecule has 5 rings (SSSR count). The summed E-state index contributed by atoms with van der Waals surface area (Å²) < 4.78 is 29.1. The first-order valence-electron chi connectivity index (χ1n) is 13.1. The molecule has 1 fully saturated rings. The molecule has 3 aromatic heterocycles. The molecule has 0 aliphatic carbocycles. The highest BCUT2D eigenvalue weighted by Gasteiger charge is 2.45. The first-order chi connectivity index (χ1) is 17.9. The smallest absolute Gasteiger partial charge is 0.250 e. The van der Waals surface area contributed by atoms with Gasteiger partial charge in [0, 0.05) is 54.7 Å². The molecule has 0 radical (unpaired) electrons. The lowest BCUT2D eigenvalue weighted by Gasteiger charge is -2.33. The molecule has 9 nitrogen and oxygen atoms in total. The Morgan fingerprint density at radius 3 is 2.76 bits per heavy atom. The van der Waals surface area contributed by atoms with Crippen molar-refractivity contribution in [3.8, 4) is 22.8 Å². The van der Waals surface area contributed by atoms with E-state index in [1.54, 1.807) is 10.9 Å². The third kappa shape index (κ3) is 4.63. The summed E-state index contributed by atoms with van der Waals surface area (Å²) in [4.78, 5) is 18.7. The summed E-state index contributed by atoms with van der Waals surface area (Å²) in [6.07, 6.45) is 9.30. The van der Waals surface area contributed by atoms with Gasteiger partial charge in [-0.25, -0.2) is 14.1 Å². The first-order valence-corrected chi connectivity index (χ1v) is 13.1. The Balaban J connectivity index is 1.54. The molecule has 1 saturated heterocycles. The molecule has 2 aliphatic heterocycles. The van der Waals surface area contributed by atoms with E-state index in [1.165, 1.54) is 13.2 Å². The quantitative estimate of drug-likeness (QED) is 0.455. The molecule has 0 saturated carbocycles. The highest BCUT2D eigenvalue weighted by molar-refractivity contribution is 5.79. The van der Waals surface area contributed by atoms with Crippen molar-refractivity contribution in [2.45, 2.75) is 58.9 Å². The van der Waals surface area contributed by atoms with Crippen LogP contribution in [-0.4, -0.2) is 68.8 Å². The maximum Gasteiger partial charge on any atom is 0.250 e. The fourth-order valence-corrected chi connectivity index (χ4v) is 5.83. The molecule has 37 heavy (non-hydrogen) atoms. The predicted molar refractivity (Wildman–Crippen MR) is 136 cm³/mol. The summed E-state index contributed by atoms with van der Waals surface area (Å²) in [6.45, 7) is 9.03. The van der Waals surface area contributed by atoms with Gasteiger partial charge in [0.05, 0.1) is 55.8 Å². The van der Waals surface area contributed by atoms with E-state index in [1.807, 2.05) is 22.7 Å². The van der Waals surface area contributed by atoms with Gasteiger partial charge in [0.2, 0.25) is 11.8 Å². The number of hydrogen-bond donors (Lipinski definition) is 0. The molecule has 1 amide bonds. The number of likely N-dealkylation sites (tertiary alicyclic amines) is 1. The Bertz CT molecular complexity index is 1290. The van der Waals surface area contributed by atoms with E-state index in [0.29, 0.717) is 38.2 Å². The van der Waals surface area contributed by atoms with Crippen molar-refractivity contribution in [2.24, 2.45) is 5.41 Å². The molecular formula is C27H35FN6O3. The van der Waals surface area contributed by atoms with Gasteiger partial charge < -0.3 is 14.4 Å². The lowest BCUT2D eigenvalue weighted by Crippen LogP contribution is -2.34. The third-order valence-electron chi connectivity index (χ3n) is 7.70. The van der Waals surface area contributed by atoms with E-state index in [2.05, 4.69) is 25.0 Å². The van der Waals surface area contributed by atoms with Crippen molar-refractivity contribution >= 4 is 5.91 Å². The summed E-state index contributed by atoms with van der Waals surface area (Å²) in [5, 5.41) is 9.73. The van der Waals surface area contributed by atoms with Crippen molar-refractivity contribution in [3.05, 3.63) is 41.7 Å². The van der Waals surface area contributed by atoms with Crippen molar-refractivity contribution in [3.63, 3.8) is 0 Å². The molecule has 198 valence electrons. The molecule has 10 heteroatoms. The van der Waals surface area contributed by atoms with Crippen molar-refractivity contribution in [1.29, 1.82) is 0 Å². The summed E-state index contributed by atoms with van der Waals surface area (Å²) in [7, 11) is 1.39. The van der Waals surface area contributed by atoms with E-state index in [4.69, 9.17) is 19.7 Å². The standard InChI is InChI=1S/C27H35FN6O3/c1-5-7-23(27(3)13-24(35)32(6-2)17-27)33-16-18(14-30-33)25-20-8-10-37-11-9-22(20)34(31-25)19-12-21(28)26(36-4)29-15-19/h12,14-16,23H,5-11,13,17H2,1-4H3. The molecule has 2 aliphatic rings. The van der Waals surface area contributed by atoms with Crippen LogP contribution in [0.15, 0.2) is 24.7 Å². The number of fused-ring (bicyclic) bond motifs is 1. The largest absolute Gasteiger partial charge is 0.479 e. The number of methoxy groups -OCH3 is 1. The highest BCUT2D eigenvalue weighted by atomic mass is 19.1. The Labute approximate surface area is 216 Å². The number of hydrogen-bond acceptors (Lipinski definition) is 6. The van der Waals surface area contributed by atoms with Crippen molar-refractivity contribution in [1.82, 2.24) is 29.4 Å². The first kappa shape index (κ1) is 25.4. The minimum Gasteiger partial charge on any atom is -0.479 e. The molecule has 0 spiro atoms. The summed E-state index contributed by atoms with van der Waals surface area (Å²) in [6, 6.07) is 1.49. The number of carbonyl (C=O) groups excluding carboxylic acids is 1. The topological polar surface area (TPSA) is 87.3 Å². The Morgan fingerprint density at radius 1 is 1.24 bits per heavy atom. The van der Waals surface area contributed by atoms with Gasteiger partial charge in [-0.15, -0.1) is 0 Å². The Hall–Kier alpha value is -3.27. The van der Waals surface area contributed by atoms with Gasteiger partial charge in [-0.05, 0) is 19.8 Å². The summed E-state index contributed by atoms with van der Waals surface area (Å²) >= 11 is 0. The summed E-state index contributed by atoms with van der Waals surface area (Å²) in [5.41, 5.74) is 4.14. The zero-order valence-corrected chi connectivity index (χ0v) is 22.0. The Kier molecular flexibility index (Phi) is 7.02. The molecule has 0 N–H and O–H groups in total. The maximum atomic E-state index is 14.5. The second kappa shape index (κ2) is 10.2. The molecule has 0 aromatic carbocycles. The number of aromatic nitrogens is 5. The average Bonchev–Trinajstić information content (AvgIpc) is 3.53. The second-order valence-corrected chi connectivity index (χ2v) is 10.2. The fourth-order valence-electron chi connectivity index (χ4n) is 5.83. The zero-order valence-electron chi connectivity index (χ0n) is 22.0. The van der Waals surface area contributed by atoms with Crippen LogP contribution in [0.25, 0.3) is 16.9 Å². The monoisotopic (exact) mass is 510 g/mol. The van der Waals surface area contributed by atoms with Gasteiger partial charge in [-0.3, -0.25) is 9.48 Å². The fraction of sp³-hybridized carbons (Fsp3) is 0.556. The van der Waals surface area contributed by atoms with Crippen LogP contribution in [0.4, 0.5) is 4.39 Å². The van der Waals surface area contributed by atoms with Gasteiger partial charge in [0.15, 0.2) is 5.82 Å². The number of ether oxygens (including phenoxy) is 2.